The Morgan fingerprint density at radius 2 is 1.55 bits per heavy atom. The summed E-state index contributed by atoms with van der Waals surface area (Å²) in [5.74, 6) is 0.958. The lowest BCUT2D eigenvalue weighted by molar-refractivity contribution is 1.01. The third kappa shape index (κ3) is 2.91. The van der Waals surface area contributed by atoms with Crippen LogP contribution in [0.1, 0.15) is 4.88 Å². The molecule has 31 heavy (non-hydrogen) atoms. The first-order valence-electron chi connectivity index (χ1n) is 10.4. The van der Waals surface area contributed by atoms with Gasteiger partial charge in [-0.05, 0) is 43.3 Å². The Balaban J connectivity index is 1.59. The van der Waals surface area contributed by atoms with Gasteiger partial charge in [-0.25, -0.2) is 4.98 Å². The topological polar surface area (TPSA) is 22.8 Å². The highest BCUT2D eigenvalue weighted by atomic mass is 32.1. The molecule has 0 spiro atoms. The van der Waals surface area contributed by atoms with Gasteiger partial charge in [0.25, 0.3) is 0 Å². The summed E-state index contributed by atoms with van der Waals surface area (Å²) in [6.07, 6.45) is 2.15. The van der Waals surface area contributed by atoms with E-state index in [9.17, 15) is 0 Å². The van der Waals surface area contributed by atoms with Crippen LogP contribution in [0.4, 0.5) is 0 Å². The molecule has 0 aliphatic carbocycles. The second kappa shape index (κ2) is 6.96. The summed E-state index contributed by atoms with van der Waals surface area (Å²) in [6.45, 7) is 2.14. The van der Waals surface area contributed by atoms with Crippen LogP contribution in [0, 0.1) is 6.92 Å². The number of thiophene rings is 1. The molecule has 0 fully saturated rings. The monoisotopic (exact) mass is 419 g/mol. The number of aromatic nitrogens is 3. The second-order valence-corrected chi connectivity index (χ2v) is 9.16. The SMILES string of the molecule is Cc1ccc(-c2cn(-c3ccccc3)c(-c3ccc4c5ccccc5n(C)c4c3)n2)s1. The maximum Gasteiger partial charge on any atom is 0.145 e. The molecule has 0 saturated heterocycles. The molecule has 6 aromatic rings. The van der Waals surface area contributed by atoms with Crippen LogP contribution in [-0.2, 0) is 7.05 Å². The Morgan fingerprint density at radius 1 is 0.774 bits per heavy atom. The highest BCUT2D eigenvalue weighted by Gasteiger charge is 2.16. The Morgan fingerprint density at radius 3 is 2.35 bits per heavy atom. The average molecular weight is 420 g/mol. The van der Waals surface area contributed by atoms with Crippen molar-refractivity contribution in [2.75, 3.05) is 0 Å². The van der Waals surface area contributed by atoms with Gasteiger partial charge in [-0.2, -0.15) is 0 Å². The fraction of sp³-hybridized carbons (Fsp3) is 0.0741. The maximum atomic E-state index is 5.09. The van der Waals surface area contributed by atoms with E-state index >= 15 is 0 Å². The quantitative estimate of drug-likeness (QED) is 0.297. The van der Waals surface area contributed by atoms with Crippen LogP contribution in [0.15, 0.2) is 91.1 Å². The first kappa shape index (κ1) is 18.2. The molecule has 0 bridgehead atoms. The predicted molar refractivity (Wildman–Crippen MR) is 131 cm³/mol. The van der Waals surface area contributed by atoms with Crippen LogP contribution in [-0.4, -0.2) is 14.1 Å². The molecular formula is C27H21N3S. The van der Waals surface area contributed by atoms with E-state index < -0.39 is 0 Å². The van der Waals surface area contributed by atoms with Crippen molar-refractivity contribution in [1.29, 1.82) is 0 Å². The van der Waals surface area contributed by atoms with Crippen LogP contribution in [0.25, 0.3) is 49.5 Å². The van der Waals surface area contributed by atoms with E-state index in [1.807, 2.05) is 6.07 Å². The zero-order valence-electron chi connectivity index (χ0n) is 17.4. The Hall–Kier alpha value is -3.63. The van der Waals surface area contributed by atoms with Crippen molar-refractivity contribution in [1.82, 2.24) is 14.1 Å². The van der Waals surface area contributed by atoms with Gasteiger partial charge in [-0.15, -0.1) is 11.3 Å². The Labute approximate surface area is 184 Å². The minimum atomic E-state index is 0.958. The van der Waals surface area contributed by atoms with Crippen LogP contribution < -0.4 is 0 Å². The summed E-state index contributed by atoms with van der Waals surface area (Å²) >= 11 is 1.78. The molecule has 3 aromatic heterocycles. The van der Waals surface area contributed by atoms with Crippen molar-refractivity contribution in [2.45, 2.75) is 6.92 Å². The second-order valence-electron chi connectivity index (χ2n) is 7.87. The molecule has 0 saturated carbocycles. The predicted octanol–water partition coefficient (Wildman–Crippen LogP) is 7.22. The number of aryl methyl sites for hydroxylation is 2. The average Bonchev–Trinajstić information content (AvgIpc) is 3.51. The van der Waals surface area contributed by atoms with Crippen molar-refractivity contribution >= 4 is 33.1 Å². The summed E-state index contributed by atoms with van der Waals surface area (Å²) in [6, 6.07) is 30.0. The van der Waals surface area contributed by atoms with E-state index in [2.05, 4.69) is 108 Å². The van der Waals surface area contributed by atoms with Gasteiger partial charge in [0.15, 0.2) is 0 Å². The van der Waals surface area contributed by atoms with E-state index in [4.69, 9.17) is 4.98 Å². The van der Waals surface area contributed by atoms with Gasteiger partial charge in [-0.1, -0.05) is 48.5 Å². The van der Waals surface area contributed by atoms with Crippen LogP contribution in [0.5, 0.6) is 0 Å². The molecule has 0 N–H and O–H groups in total. The lowest BCUT2D eigenvalue weighted by Gasteiger charge is -2.08. The summed E-state index contributed by atoms with van der Waals surface area (Å²) in [5, 5.41) is 2.56. The molecule has 0 amide bonds. The third-order valence-corrected chi connectivity index (χ3v) is 6.93. The molecule has 150 valence electrons. The molecule has 0 aliphatic rings. The standard InChI is InChI=1S/C27H21N3S/c1-18-12-15-26(31-18)23-17-30(20-8-4-3-5-9-20)27(28-23)19-13-14-22-21-10-6-7-11-24(21)29(2)25(22)16-19/h3-17H,1-2H3. The zero-order valence-corrected chi connectivity index (χ0v) is 18.2. The normalized spacial score (nSPS) is 11.5. The minimum Gasteiger partial charge on any atom is -0.344 e. The molecule has 6 rings (SSSR count). The molecule has 0 atom stereocenters. The van der Waals surface area contributed by atoms with Gasteiger partial charge < -0.3 is 4.57 Å². The van der Waals surface area contributed by atoms with E-state index in [-0.39, 0.29) is 0 Å². The Bertz CT molecular complexity index is 1550. The third-order valence-electron chi connectivity index (χ3n) is 5.91. The molecule has 3 aromatic carbocycles. The van der Waals surface area contributed by atoms with Crippen molar-refractivity contribution in [3.63, 3.8) is 0 Å². The van der Waals surface area contributed by atoms with Crippen molar-refractivity contribution in [2.24, 2.45) is 7.05 Å². The number of para-hydroxylation sites is 2. The summed E-state index contributed by atoms with van der Waals surface area (Å²) in [7, 11) is 2.14. The highest BCUT2D eigenvalue weighted by Crippen LogP contribution is 2.35. The van der Waals surface area contributed by atoms with E-state index in [0.717, 1.165) is 22.8 Å². The molecule has 0 aliphatic heterocycles. The van der Waals surface area contributed by atoms with Crippen molar-refractivity contribution < 1.29 is 0 Å². The van der Waals surface area contributed by atoms with Crippen molar-refractivity contribution in [3.05, 3.63) is 96.0 Å². The number of fused-ring (bicyclic) bond motifs is 3. The lowest BCUT2D eigenvalue weighted by atomic mass is 10.1. The largest absolute Gasteiger partial charge is 0.344 e. The lowest BCUT2D eigenvalue weighted by Crippen LogP contribution is -1.96. The van der Waals surface area contributed by atoms with Crippen molar-refractivity contribution in [3.8, 4) is 27.6 Å². The van der Waals surface area contributed by atoms with E-state index in [1.54, 1.807) is 11.3 Å². The zero-order chi connectivity index (χ0) is 20.9. The first-order chi connectivity index (χ1) is 15.2. The molecule has 0 radical (unpaired) electrons. The maximum absolute atomic E-state index is 5.09. The number of nitrogens with zero attached hydrogens (tertiary/aromatic N) is 3. The van der Waals surface area contributed by atoms with Gasteiger partial charge in [0.05, 0.1) is 10.6 Å². The molecule has 3 heterocycles. The van der Waals surface area contributed by atoms with Gasteiger partial charge in [0.1, 0.15) is 5.82 Å². The number of imidazole rings is 1. The van der Waals surface area contributed by atoms with Gasteiger partial charge >= 0.3 is 0 Å². The fourth-order valence-electron chi connectivity index (χ4n) is 4.36. The highest BCUT2D eigenvalue weighted by molar-refractivity contribution is 7.15. The summed E-state index contributed by atoms with van der Waals surface area (Å²) < 4.78 is 4.47. The number of benzene rings is 3. The summed E-state index contributed by atoms with van der Waals surface area (Å²) in [5.41, 5.74) is 5.70. The molecular weight excluding hydrogens is 398 g/mol. The fourth-order valence-corrected chi connectivity index (χ4v) is 5.18. The van der Waals surface area contributed by atoms with Gasteiger partial charge in [-0.3, -0.25) is 4.57 Å². The molecule has 3 nitrogen and oxygen atoms in total. The minimum absolute atomic E-state index is 0.958. The van der Waals surface area contributed by atoms with Gasteiger partial charge in [0, 0.05) is 51.2 Å². The van der Waals surface area contributed by atoms with E-state index in [0.29, 0.717) is 0 Å². The van der Waals surface area contributed by atoms with E-state index in [1.165, 1.54) is 31.6 Å². The molecule has 4 heteroatoms. The van der Waals surface area contributed by atoms with Crippen LogP contribution in [0.2, 0.25) is 0 Å². The van der Waals surface area contributed by atoms with Crippen LogP contribution in [0.3, 0.4) is 0 Å². The summed E-state index contributed by atoms with van der Waals surface area (Å²) in [4.78, 5) is 7.58. The first-order valence-corrected chi connectivity index (χ1v) is 11.2. The van der Waals surface area contributed by atoms with Crippen LogP contribution >= 0.6 is 11.3 Å². The Kier molecular flexibility index (Phi) is 4.08. The number of hydrogen-bond donors (Lipinski definition) is 0. The number of rotatable bonds is 3. The molecule has 0 unspecified atom stereocenters. The number of hydrogen-bond acceptors (Lipinski definition) is 2. The smallest absolute Gasteiger partial charge is 0.145 e. The van der Waals surface area contributed by atoms with Gasteiger partial charge in [0.2, 0.25) is 0 Å².